The van der Waals surface area contributed by atoms with Crippen molar-refractivity contribution in [2.24, 2.45) is 5.73 Å². The van der Waals surface area contributed by atoms with E-state index in [1.807, 2.05) is 0 Å². The maximum absolute atomic E-state index is 13.2. The molecule has 1 unspecified atom stereocenters. The average Bonchev–Trinajstić information content (AvgIpc) is 2.47. The van der Waals surface area contributed by atoms with Gasteiger partial charge in [0.05, 0.1) is 6.61 Å². The maximum atomic E-state index is 13.2. The zero-order valence-electron chi connectivity index (χ0n) is 12.9. The quantitative estimate of drug-likeness (QED) is 0.135. The number of esters is 1. The summed E-state index contributed by atoms with van der Waals surface area (Å²) in [4.78, 5) is 22.0. The topological polar surface area (TPSA) is 136 Å². The fourth-order valence-electron chi connectivity index (χ4n) is 1.45. The van der Waals surface area contributed by atoms with Gasteiger partial charge in [-0.1, -0.05) is 6.58 Å². The Morgan fingerprint density at radius 3 is 1.93 bits per heavy atom. The Morgan fingerprint density at radius 2 is 1.59 bits per heavy atom. The van der Waals surface area contributed by atoms with E-state index in [-0.39, 0.29) is 6.08 Å². The van der Waals surface area contributed by atoms with E-state index >= 15 is 0 Å². The third kappa shape index (κ3) is 5.29. The molecule has 0 bridgehead atoms. The van der Waals surface area contributed by atoms with Crippen LogP contribution in [0.2, 0.25) is 0 Å². The third-order valence-electron chi connectivity index (χ3n) is 2.79. The Labute approximate surface area is 146 Å². The van der Waals surface area contributed by atoms with Crippen molar-refractivity contribution in [3.05, 3.63) is 12.7 Å². The van der Waals surface area contributed by atoms with Gasteiger partial charge in [-0.05, 0) is 6.42 Å². The summed E-state index contributed by atoms with van der Waals surface area (Å²) >= 11 is 0. The standard InChI is InChI=1S/C11H12F7NO7S/c1-2-6(20)26-9(7(19)21,10(14,15)16)25-5-3-4-8(12,13)11(17,18)27(22,23)24/h2H,1,3-5H2,(H2,19,21)(H,22,23,24)/p-1. The smallest absolute Gasteiger partial charge is 0.466 e. The van der Waals surface area contributed by atoms with E-state index in [1.165, 1.54) is 0 Å². The number of alkyl halides is 7. The number of ether oxygens (including phenoxy) is 2. The summed E-state index contributed by atoms with van der Waals surface area (Å²) in [5.74, 6) is -14.2. The molecule has 0 aliphatic carbocycles. The first-order valence-electron chi connectivity index (χ1n) is 6.43. The van der Waals surface area contributed by atoms with Gasteiger partial charge in [0.1, 0.15) is 0 Å². The predicted octanol–water partition coefficient (Wildman–Crippen LogP) is 1.03. The maximum Gasteiger partial charge on any atom is 0.466 e. The van der Waals surface area contributed by atoms with Crippen molar-refractivity contribution < 1.29 is 62.8 Å². The van der Waals surface area contributed by atoms with E-state index in [4.69, 9.17) is 0 Å². The van der Waals surface area contributed by atoms with Gasteiger partial charge in [0, 0.05) is 12.5 Å². The minimum Gasteiger partial charge on any atom is -0.743 e. The number of carbonyl (C=O) groups excluding carboxylic acids is 2. The molecular formula is C11H11F7NO7S-. The molecular weight excluding hydrogens is 423 g/mol. The van der Waals surface area contributed by atoms with E-state index in [2.05, 4.69) is 21.8 Å². The van der Waals surface area contributed by atoms with Crippen LogP contribution in [-0.2, 0) is 29.2 Å². The van der Waals surface area contributed by atoms with Gasteiger partial charge >= 0.3 is 35.0 Å². The van der Waals surface area contributed by atoms with Crippen LogP contribution in [0.5, 0.6) is 0 Å². The minimum atomic E-state index is -6.79. The number of hydrogen-bond donors (Lipinski definition) is 1. The second-order valence-electron chi connectivity index (χ2n) is 4.73. The van der Waals surface area contributed by atoms with Gasteiger partial charge in [0.25, 0.3) is 0 Å². The van der Waals surface area contributed by atoms with Crippen LogP contribution in [0.25, 0.3) is 0 Å². The van der Waals surface area contributed by atoms with Crippen molar-refractivity contribution in [2.45, 2.75) is 36.0 Å². The summed E-state index contributed by atoms with van der Waals surface area (Å²) in [6.45, 7) is 1.17. The molecule has 0 aliphatic rings. The summed E-state index contributed by atoms with van der Waals surface area (Å²) in [6.07, 6.45) is -9.18. The molecule has 0 saturated carbocycles. The SMILES string of the molecule is C=CC(=O)OC(OCCCC(F)(F)C(F)(F)S(=O)(=O)[O-])(C(N)=O)C(F)(F)F. The number of rotatable bonds is 10. The Kier molecular flexibility index (Phi) is 7.40. The second-order valence-corrected chi connectivity index (χ2v) is 6.15. The lowest BCUT2D eigenvalue weighted by atomic mass is 10.2. The zero-order chi connectivity index (χ0) is 21.9. The van der Waals surface area contributed by atoms with E-state index < -0.39 is 64.6 Å². The average molecular weight is 434 g/mol. The third-order valence-corrected chi connectivity index (χ3v) is 3.72. The first-order valence-corrected chi connectivity index (χ1v) is 7.83. The Morgan fingerprint density at radius 1 is 1.11 bits per heavy atom. The molecule has 8 nitrogen and oxygen atoms in total. The van der Waals surface area contributed by atoms with E-state index in [1.54, 1.807) is 0 Å². The molecule has 0 aromatic rings. The van der Waals surface area contributed by atoms with Crippen molar-refractivity contribution in [1.82, 2.24) is 0 Å². The fraction of sp³-hybridized carbons (Fsp3) is 0.636. The molecule has 0 spiro atoms. The molecule has 158 valence electrons. The lowest BCUT2D eigenvalue weighted by molar-refractivity contribution is -0.346. The zero-order valence-corrected chi connectivity index (χ0v) is 13.7. The fourth-order valence-corrected chi connectivity index (χ4v) is 1.92. The van der Waals surface area contributed by atoms with Crippen LogP contribution in [0.4, 0.5) is 30.7 Å². The van der Waals surface area contributed by atoms with Crippen LogP contribution in [-0.4, -0.2) is 54.6 Å². The number of hydrogen-bond acceptors (Lipinski definition) is 7. The largest absolute Gasteiger partial charge is 0.743 e. The van der Waals surface area contributed by atoms with Crippen molar-refractivity contribution >= 4 is 22.0 Å². The molecule has 1 amide bonds. The molecule has 16 heteroatoms. The molecule has 0 rings (SSSR count). The van der Waals surface area contributed by atoms with Crippen molar-refractivity contribution in [1.29, 1.82) is 0 Å². The molecule has 2 N–H and O–H groups in total. The number of carbonyl (C=O) groups is 2. The van der Waals surface area contributed by atoms with Crippen LogP contribution < -0.4 is 5.73 Å². The molecule has 0 aliphatic heterocycles. The van der Waals surface area contributed by atoms with Gasteiger partial charge in [-0.15, -0.1) is 0 Å². The number of amides is 1. The summed E-state index contributed by atoms with van der Waals surface area (Å²) in [5, 5.41) is -6.06. The van der Waals surface area contributed by atoms with Gasteiger partial charge in [-0.3, -0.25) is 4.79 Å². The van der Waals surface area contributed by atoms with Crippen molar-refractivity contribution in [2.75, 3.05) is 6.61 Å². The molecule has 0 aromatic heterocycles. The van der Waals surface area contributed by atoms with E-state index in [0.717, 1.165) is 0 Å². The molecule has 1 atom stereocenters. The highest BCUT2D eigenvalue weighted by Gasteiger charge is 2.65. The molecule has 0 saturated heterocycles. The highest BCUT2D eigenvalue weighted by Crippen LogP contribution is 2.42. The predicted molar refractivity (Wildman–Crippen MR) is 69.0 cm³/mol. The van der Waals surface area contributed by atoms with Crippen LogP contribution in [0.15, 0.2) is 12.7 Å². The van der Waals surface area contributed by atoms with E-state index in [0.29, 0.717) is 0 Å². The molecule has 0 aromatic carbocycles. The van der Waals surface area contributed by atoms with Crippen LogP contribution >= 0.6 is 0 Å². The molecule has 0 heterocycles. The first-order chi connectivity index (χ1) is 11.9. The second kappa shape index (κ2) is 7.97. The van der Waals surface area contributed by atoms with E-state index in [9.17, 15) is 53.3 Å². The Hall–Kier alpha value is -1.94. The van der Waals surface area contributed by atoms with Crippen molar-refractivity contribution in [3.8, 4) is 0 Å². The lowest BCUT2D eigenvalue weighted by Gasteiger charge is -2.32. The van der Waals surface area contributed by atoms with Gasteiger partial charge in [-0.2, -0.15) is 30.7 Å². The highest BCUT2D eigenvalue weighted by atomic mass is 32.2. The van der Waals surface area contributed by atoms with Crippen LogP contribution in [0.1, 0.15) is 12.8 Å². The van der Waals surface area contributed by atoms with Gasteiger partial charge in [0.15, 0.2) is 10.1 Å². The summed E-state index contributed by atoms with van der Waals surface area (Å²) in [7, 11) is -6.79. The van der Waals surface area contributed by atoms with Crippen LogP contribution in [0.3, 0.4) is 0 Å². The lowest BCUT2D eigenvalue weighted by Crippen LogP contribution is -2.60. The minimum absolute atomic E-state index is 0.181. The number of nitrogens with two attached hydrogens (primary N) is 1. The van der Waals surface area contributed by atoms with Gasteiger partial charge in [-0.25, -0.2) is 13.2 Å². The first kappa shape index (κ1) is 25.1. The Balaban J connectivity index is 5.36. The summed E-state index contributed by atoms with van der Waals surface area (Å²) in [5.41, 5.74) is 4.47. The normalized spacial score (nSPS) is 15.7. The van der Waals surface area contributed by atoms with Crippen molar-refractivity contribution in [3.63, 3.8) is 0 Å². The highest BCUT2D eigenvalue weighted by molar-refractivity contribution is 7.86. The molecule has 27 heavy (non-hydrogen) atoms. The number of primary amides is 1. The summed E-state index contributed by atoms with van der Waals surface area (Å²) < 4.78 is 129. The number of halogens is 7. The van der Waals surface area contributed by atoms with Gasteiger partial charge < -0.3 is 19.8 Å². The van der Waals surface area contributed by atoms with Crippen LogP contribution in [0, 0.1) is 0 Å². The van der Waals surface area contributed by atoms with Gasteiger partial charge in [0.2, 0.25) is 0 Å². The monoisotopic (exact) mass is 434 g/mol. The summed E-state index contributed by atoms with van der Waals surface area (Å²) in [6, 6.07) is 0. The Bertz CT molecular complexity index is 692. The molecule has 0 fully saturated rings. The molecule has 0 radical (unpaired) electrons.